The zero-order chi connectivity index (χ0) is 29.3. The van der Waals surface area contributed by atoms with Gasteiger partial charge < -0.3 is 19.4 Å². The van der Waals surface area contributed by atoms with Crippen LogP contribution in [0.3, 0.4) is 0 Å². The third-order valence-corrected chi connectivity index (χ3v) is 7.39. The maximum absolute atomic E-state index is 13.9. The topological polar surface area (TPSA) is 78.9 Å². The van der Waals surface area contributed by atoms with Gasteiger partial charge in [0.2, 0.25) is 5.91 Å². The van der Waals surface area contributed by atoms with Crippen molar-refractivity contribution in [2.45, 2.75) is 12.8 Å². The van der Waals surface area contributed by atoms with Gasteiger partial charge in [0.25, 0.3) is 5.91 Å². The van der Waals surface area contributed by atoms with Crippen LogP contribution in [0.25, 0.3) is 11.3 Å². The summed E-state index contributed by atoms with van der Waals surface area (Å²) in [5, 5.41) is 8.88. The summed E-state index contributed by atoms with van der Waals surface area (Å²) in [5.74, 6) is 0.534. The largest absolute Gasteiger partial charge is 0.497 e. The molecule has 0 atom stereocenters. The molecule has 0 saturated carbocycles. The Morgan fingerprint density at radius 3 is 2.48 bits per heavy atom. The van der Waals surface area contributed by atoms with Crippen molar-refractivity contribution in [3.8, 4) is 17.0 Å². The van der Waals surface area contributed by atoms with E-state index in [1.165, 1.54) is 23.1 Å². The number of benzene rings is 3. The Morgan fingerprint density at radius 2 is 1.71 bits per heavy atom. The Balaban J connectivity index is 1.23. The van der Waals surface area contributed by atoms with Gasteiger partial charge in [0.15, 0.2) is 5.82 Å². The molecule has 0 N–H and O–H groups in total. The Hall–Kier alpha value is -4.79. The molecule has 42 heavy (non-hydrogen) atoms. The monoisotopic (exact) mass is 567 g/mol. The van der Waals surface area contributed by atoms with Crippen LogP contribution in [0.4, 0.5) is 10.2 Å². The summed E-state index contributed by atoms with van der Waals surface area (Å²) in [4.78, 5) is 32.3. The number of carbonyl (C=O) groups is 2. The van der Waals surface area contributed by atoms with Crippen molar-refractivity contribution >= 4 is 17.6 Å². The second-order valence-electron chi connectivity index (χ2n) is 10.2. The first-order valence-corrected chi connectivity index (χ1v) is 14.1. The highest BCUT2D eigenvalue weighted by Gasteiger charge is 2.25. The molecule has 8 nitrogen and oxygen atoms in total. The number of halogens is 1. The standard InChI is InChI=1S/C33H34FN5O3/c1-42-29-13-6-10-26(23-29)30-14-15-31(36-35-30)37-17-7-18-38(21-20-37)32(40)24-39(19-16-25-8-3-2-4-9-25)33(41)27-11-5-12-28(34)22-27/h2-6,8-15,22-23H,7,16-21,24H2,1H3. The Kier molecular flexibility index (Phi) is 9.38. The molecule has 1 saturated heterocycles. The van der Waals surface area contributed by atoms with E-state index in [9.17, 15) is 14.0 Å². The van der Waals surface area contributed by atoms with Gasteiger partial charge in [-0.3, -0.25) is 9.59 Å². The summed E-state index contributed by atoms with van der Waals surface area (Å²) >= 11 is 0. The van der Waals surface area contributed by atoms with Crippen molar-refractivity contribution in [3.05, 3.63) is 108 Å². The highest BCUT2D eigenvalue weighted by molar-refractivity contribution is 5.96. The van der Waals surface area contributed by atoms with Crippen molar-refractivity contribution in [3.63, 3.8) is 0 Å². The molecule has 2 amide bonds. The second kappa shape index (κ2) is 13.7. The Morgan fingerprint density at radius 1 is 0.881 bits per heavy atom. The van der Waals surface area contributed by atoms with Gasteiger partial charge in [0.05, 0.1) is 12.8 Å². The van der Waals surface area contributed by atoms with E-state index in [0.717, 1.165) is 41.4 Å². The number of hydrogen-bond acceptors (Lipinski definition) is 6. The van der Waals surface area contributed by atoms with Crippen molar-refractivity contribution < 1.29 is 18.7 Å². The maximum Gasteiger partial charge on any atom is 0.254 e. The summed E-state index contributed by atoms with van der Waals surface area (Å²) in [5.41, 5.74) is 2.97. The zero-order valence-corrected chi connectivity index (χ0v) is 23.7. The molecule has 0 bridgehead atoms. The molecule has 2 heterocycles. The molecule has 0 spiro atoms. The molecule has 9 heteroatoms. The normalized spacial score (nSPS) is 13.4. The van der Waals surface area contributed by atoms with Crippen molar-refractivity contribution in [1.82, 2.24) is 20.0 Å². The second-order valence-corrected chi connectivity index (χ2v) is 10.2. The Bertz CT molecular complexity index is 1500. The lowest BCUT2D eigenvalue weighted by atomic mass is 10.1. The highest BCUT2D eigenvalue weighted by atomic mass is 19.1. The third-order valence-electron chi connectivity index (χ3n) is 7.39. The fourth-order valence-electron chi connectivity index (χ4n) is 5.05. The first-order valence-electron chi connectivity index (χ1n) is 14.1. The van der Waals surface area contributed by atoms with Crippen LogP contribution in [0.15, 0.2) is 91.0 Å². The molecule has 0 radical (unpaired) electrons. The number of amides is 2. The minimum absolute atomic E-state index is 0.0722. The van der Waals surface area contributed by atoms with E-state index in [1.54, 1.807) is 18.1 Å². The van der Waals surface area contributed by atoms with Gasteiger partial charge in [0.1, 0.15) is 18.1 Å². The minimum atomic E-state index is -0.484. The fraction of sp³-hybridized carbons (Fsp3) is 0.273. The molecule has 1 aliphatic rings. The average Bonchev–Trinajstić information content (AvgIpc) is 3.30. The lowest BCUT2D eigenvalue weighted by Crippen LogP contribution is -2.45. The molecular formula is C33H34FN5O3. The van der Waals surface area contributed by atoms with Crippen LogP contribution in [0.2, 0.25) is 0 Å². The molecule has 1 aromatic heterocycles. The number of aromatic nitrogens is 2. The van der Waals surface area contributed by atoms with E-state index in [4.69, 9.17) is 4.74 Å². The zero-order valence-electron chi connectivity index (χ0n) is 23.7. The predicted molar refractivity (Wildman–Crippen MR) is 160 cm³/mol. The van der Waals surface area contributed by atoms with Crippen LogP contribution >= 0.6 is 0 Å². The first-order chi connectivity index (χ1) is 20.5. The molecule has 1 aliphatic heterocycles. The lowest BCUT2D eigenvalue weighted by molar-refractivity contribution is -0.131. The molecule has 0 unspecified atom stereocenters. The molecule has 1 fully saturated rings. The van der Waals surface area contributed by atoms with Crippen molar-refractivity contribution in [2.24, 2.45) is 0 Å². The van der Waals surface area contributed by atoms with Crippen LogP contribution in [-0.4, -0.2) is 78.2 Å². The SMILES string of the molecule is COc1cccc(-c2ccc(N3CCCN(C(=O)CN(CCc4ccccc4)C(=O)c4cccc(F)c4)CC3)nn2)c1. The first kappa shape index (κ1) is 28.7. The average molecular weight is 568 g/mol. The van der Waals surface area contributed by atoms with Gasteiger partial charge in [-0.2, -0.15) is 0 Å². The number of hydrogen-bond donors (Lipinski definition) is 0. The van der Waals surface area contributed by atoms with E-state index in [0.29, 0.717) is 32.6 Å². The van der Waals surface area contributed by atoms with E-state index < -0.39 is 5.82 Å². The molecular weight excluding hydrogens is 533 g/mol. The van der Waals surface area contributed by atoms with E-state index in [1.807, 2.05) is 66.7 Å². The van der Waals surface area contributed by atoms with Gasteiger partial charge in [-0.25, -0.2) is 4.39 Å². The van der Waals surface area contributed by atoms with Crippen molar-refractivity contribution in [2.75, 3.05) is 51.3 Å². The number of anilines is 1. The summed E-state index contributed by atoms with van der Waals surface area (Å²) in [6.07, 6.45) is 1.35. The van der Waals surface area contributed by atoms with Crippen molar-refractivity contribution in [1.29, 1.82) is 0 Å². The molecule has 216 valence electrons. The highest BCUT2D eigenvalue weighted by Crippen LogP contribution is 2.23. The van der Waals surface area contributed by atoms with Crippen LogP contribution in [0.5, 0.6) is 5.75 Å². The molecule has 0 aliphatic carbocycles. The van der Waals surface area contributed by atoms with Crippen LogP contribution in [0.1, 0.15) is 22.3 Å². The quantitative estimate of drug-likeness (QED) is 0.292. The van der Waals surface area contributed by atoms with Crippen LogP contribution < -0.4 is 9.64 Å². The lowest BCUT2D eigenvalue weighted by Gasteiger charge is -2.27. The summed E-state index contributed by atoms with van der Waals surface area (Å²) < 4.78 is 19.2. The van der Waals surface area contributed by atoms with Gasteiger partial charge >= 0.3 is 0 Å². The molecule has 3 aromatic carbocycles. The minimum Gasteiger partial charge on any atom is -0.497 e. The maximum atomic E-state index is 13.9. The summed E-state index contributed by atoms with van der Waals surface area (Å²) in [6, 6.07) is 27.0. The van der Waals surface area contributed by atoms with Gasteiger partial charge in [-0.15, -0.1) is 10.2 Å². The van der Waals surface area contributed by atoms with Gasteiger partial charge in [-0.05, 0) is 60.9 Å². The molecule has 5 rings (SSSR count). The smallest absolute Gasteiger partial charge is 0.254 e. The van der Waals surface area contributed by atoms with E-state index in [2.05, 4.69) is 15.1 Å². The van der Waals surface area contributed by atoms with E-state index in [-0.39, 0.29) is 23.9 Å². The number of ether oxygens (including phenoxy) is 1. The van der Waals surface area contributed by atoms with Gasteiger partial charge in [-0.1, -0.05) is 48.5 Å². The fourth-order valence-corrected chi connectivity index (χ4v) is 5.05. The third kappa shape index (κ3) is 7.28. The number of carbonyl (C=O) groups excluding carboxylic acids is 2. The van der Waals surface area contributed by atoms with Crippen LogP contribution in [-0.2, 0) is 11.2 Å². The number of rotatable bonds is 9. The Labute approximate surface area is 245 Å². The predicted octanol–water partition coefficient (Wildman–Crippen LogP) is 4.72. The number of methoxy groups -OCH3 is 1. The van der Waals surface area contributed by atoms with Gasteiger partial charge in [0, 0.05) is 43.9 Å². The molecule has 4 aromatic rings. The number of nitrogens with zero attached hydrogens (tertiary/aromatic N) is 5. The summed E-state index contributed by atoms with van der Waals surface area (Å²) in [6.45, 7) is 2.68. The van der Waals surface area contributed by atoms with Crippen LogP contribution in [0, 0.1) is 5.82 Å². The van der Waals surface area contributed by atoms with E-state index >= 15 is 0 Å². The summed E-state index contributed by atoms with van der Waals surface area (Å²) in [7, 11) is 1.63.